The highest BCUT2D eigenvalue weighted by Gasteiger charge is 2.21. The minimum absolute atomic E-state index is 0.167. The zero-order chi connectivity index (χ0) is 27.7. The summed E-state index contributed by atoms with van der Waals surface area (Å²) in [5.74, 6) is -2.54. The molecule has 3 aromatic carbocycles. The van der Waals surface area contributed by atoms with Gasteiger partial charge in [-0.25, -0.2) is 4.79 Å². The van der Waals surface area contributed by atoms with Gasteiger partial charge in [0.2, 0.25) is 17.5 Å². The molecule has 0 unspecified atom stereocenters. The SMILES string of the molecule is C[C@@H](OC(=O)CCC(=O)Nc1ccc(C(=O)O[C@H](C)C(=O)c2ccccc2)cc1)C(=O)c1cccc(Cl)c1. The van der Waals surface area contributed by atoms with Crippen molar-refractivity contribution in [2.24, 2.45) is 0 Å². The smallest absolute Gasteiger partial charge is 0.338 e. The van der Waals surface area contributed by atoms with Crippen molar-refractivity contribution in [1.82, 2.24) is 0 Å². The lowest BCUT2D eigenvalue weighted by Crippen LogP contribution is -2.25. The van der Waals surface area contributed by atoms with Crippen LogP contribution in [0.4, 0.5) is 5.69 Å². The van der Waals surface area contributed by atoms with Gasteiger partial charge in [-0.1, -0.05) is 54.1 Å². The van der Waals surface area contributed by atoms with Crippen LogP contribution < -0.4 is 5.32 Å². The van der Waals surface area contributed by atoms with E-state index in [2.05, 4.69) is 5.32 Å². The standard InChI is InChI=1S/C29H26ClNO7/c1-18(28(35)22-9-6-10-23(30)17-22)37-26(33)16-15-25(32)31-24-13-11-21(12-14-24)29(36)38-19(2)27(34)20-7-4-3-5-8-20/h3-14,17-19H,15-16H2,1-2H3,(H,31,32)/t18-,19-/m1/s1. The van der Waals surface area contributed by atoms with E-state index >= 15 is 0 Å². The van der Waals surface area contributed by atoms with Crippen LogP contribution in [-0.2, 0) is 19.1 Å². The normalized spacial score (nSPS) is 12.1. The lowest BCUT2D eigenvalue weighted by atomic mass is 10.1. The number of anilines is 1. The molecule has 0 spiro atoms. The quantitative estimate of drug-likeness (QED) is 0.261. The molecule has 196 valence electrons. The van der Waals surface area contributed by atoms with E-state index < -0.39 is 35.8 Å². The predicted octanol–water partition coefficient (Wildman–Crippen LogP) is 5.30. The number of nitrogens with one attached hydrogen (secondary N) is 1. The number of ketones is 2. The van der Waals surface area contributed by atoms with E-state index in [9.17, 15) is 24.0 Å². The van der Waals surface area contributed by atoms with E-state index in [4.69, 9.17) is 21.1 Å². The number of carbonyl (C=O) groups excluding carboxylic acids is 5. The van der Waals surface area contributed by atoms with Crippen LogP contribution >= 0.6 is 11.6 Å². The Balaban J connectivity index is 1.44. The lowest BCUT2D eigenvalue weighted by Gasteiger charge is -2.13. The number of ether oxygens (including phenoxy) is 2. The van der Waals surface area contributed by atoms with Crippen LogP contribution in [0.3, 0.4) is 0 Å². The fraction of sp³-hybridized carbons (Fsp3) is 0.207. The van der Waals surface area contributed by atoms with Gasteiger partial charge in [0, 0.05) is 28.3 Å². The van der Waals surface area contributed by atoms with Gasteiger partial charge >= 0.3 is 11.9 Å². The van der Waals surface area contributed by atoms with Gasteiger partial charge in [0.25, 0.3) is 0 Å². The second kappa shape index (κ2) is 13.3. The summed E-state index contributed by atoms with van der Waals surface area (Å²) in [6.45, 7) is 2.95. The molecule has 0 aliphatic heterocycles. The van der Waals surface area contributed by atoms with Crippen molar-refractivity contribution in [3.05, 3.63) is 101 Å². The highest BCUT2D eigenvalue weighted by atomic mass is 35.5. The highest BCUT2D eigenvalue weighted by molar-refractivity contribution is 6.31. The average molecular weight is 536 g/mol. The zero-order valence-corrected chi connectivity index (χ0v) is 21.6. The molecule has 0 bridgehead atoms. The largest absolute Gasteiger partial charge is 0.454 e. The van der Waals surface area contributed by atoms with Crippen molar-refractivity contribution in [1.29, 1.82) is 0 Å². The van der Waals surface area contributed by atoms with Crippen LogP contribution in [0.5, 0.6) is 0 Å². The first-order valence-electron chi connectivity index (χ1n) is 11.8. The molecule has 2 atom stereocenters. The fourth-order valence-corrected chi connectivity index (χ4v) is 3.62. The van der Waals surface area contributed by atoms with Crippen molar-refractivity contribution in [2.75, 3.05) is 5.32 Å². The van der Waals surface area contributed by atoms with Crippen LogP contribution in [0.15, 0.2) is 78.9 Å². The number of Topliss-reactive ketones (excluding diaryl/α,β-unsaturated/α-hetero) is 2. The van der Waals surface area contributed by atoms with Gasteiger partial charge in [0.15, 0.2) is 12.2 Å². The number of rotatable bonds is 11. The lowest BCUT2D eigenvalue weighted by molar-refractivity contribution is -0.147. The first kappa shape index (κ1) is 28.3. The summed E-state index contributed by atoms with van der Waals surface area (Å²) in [5, 5.41) is 3.01. The minimum Gasteiger partial charge on any atom is -0.454 e. The van der Waals surface area contributed by atoms with E-state index in [1.165, 1.54) is 44.2 Å². The minimum atomic E-state index is -1.03. The van der Waals surface area contributed by atoms with Gasteiger partial charge < -0.3 is 14.8 Å². The first-order chi connectivity index (χ1) is 18.1. The summed E-state index contributed by atoms with van der Waals surface area (Å²) in [6, 6.07) is 20.7. The molecule has 0 saturated heterocycles. The third-order valence-electron chi connectivity index (χ3n) is 5.46. The predicted molar refractivity (Wildman–Crippen MR) is 141 cm³/mol. The molecule has 0 aromatic heterocycles. The second-order valence-corrected chi connectivity index (χ2v) is 8.85. The number of amides is 1. The molecule has 9 heteroatoms. The number of benzene rings is 3. The van der Waals surface area contributed by atoms with E-state index in [1.54, 1.807) is 48.5 Å². The van der Waals surface area contributed by atoms with Gasteiger partial charge in [-0.3, -0.25) is 19.2 Å². The highest BCUT2D eigenvalue weighted by Crippen LogP contribution is 2.16. The molecule has 8 nitrogen and oxygen atoms in total. The molecule has 0 heterocycles. The second-order valence-electron chi connectivity index (χ2n) is 8.41. The molecule has 0 aliphatic carbocycles. The molecule has 3 aromatic rings. The summed E-state index contributed by atoms with van der Waals surface area (Å²) in [6.07, 6.45) is -2.38. The van der Waals surface area contributed by atoms with Crippen LogP contribution in [-0.4, -0.2) is 41.6 Å². The topological polar surface area (TPSA) is 116 Å². The Kier molecular flexibility index (Phi) is 9.90. The fourth-order valence-electron chi connectivity index (χ4n) is 3.43. The summed E-state index contributed by atoms with van der Waals surface area (Å²) in [5.41, 5.74) is 1.37. The van der Waals surface area contributed by atoms with E-state index in [0.717, 1.165) is 0 Å². The Morgan fingerprint density at radius 1 is 0.711 bits per heavy atom. The molecule has 3 rings (SSSR count). The molecular formula is C29H26ClNO7. The number of esters is 2. The summed E-state index contributed by atoms with van der Waals surface area (Å²) < 4.78 is 10.4. The third-order valence-corrected chi connectivity index (χ3v) is 5.69. The van der Waals surface area contributed by atoms with Crippen molar-refractivity contribution in [3.8, 4) is 0 Å². The molecule has 0 fully saturated rings. The molecule has 0 saturated carbocycles. The maximum absolute atomic E-state index is 12.4. The van der Waals surface area contributed by atoms with Gasteiger partial charge in [-0.2, -0.15) is 0 Å². The Morgan fingerprint density at radius 2 is 1.32 bits per heavy atom. The van der Waals surface area contributed by atoms with E-state index in [0.29, 0.717) is 21.8 Å². The van der Waals surface area contributed by atoms with Crippen molar-refractivity contribution in [3.63, 3.8) is 0 Å². The maximum Gasteiger partial charge on any atom is 0.338 e. The molecule has 0 aliphatic rings. The van der Waals surface area contributed by atoms with Crippen molar-refractivity contribution < 1.29 is 33.4 Å². The van der Waals surface area contributed by atoms with Crippen LogP contribution in [0.1, 0.15) is 57.8 Å². The number of hydrogen-bond acceptors (Lipinski definition) is 7. The van der Waals surface area contributed by atoms with E-state index in [1.807, 2.05) is 0 Å². The number of hydrogen-bond donors (Lipinski definition) is 1. The van der Waals surface area contributed by atoms with Gasteiger partial charge in [-0.15, -0.1) is 0 Å². The third kappa shape index (κ3) is 8.11. The number of carbonyl (C=O) groups is 5. The van der Waals surface area contributed by atoms with Crippen molar-refractivity contribution >= 4 is 46.7 Å². The molecule has 38 heavy (non-hydrogen) atoms. The van der Waals surface area contributed by atoms with Gasteiger partial charge in [-0.05, 0) is 50.2 Å². The Labute approximate surface area is 224 Å². The molecule has 0 radical (unpaired) electrons. The average Bonchev–Trinajstić information content (AvgIpc) is 2.91. The van der Waals surface area contributed by atoms with Crippen LogP contribution in [0, 0.1) is 0 Å². The Morgan fingerprint density at radius 3 is 1.97 bits per heavy atom. The first-order valence-corrected chi connectivity index (χ1v) is 12.2. The van der Waals surface area contributed by atoms with Gasteiger partial charge in [0.1, 0.15) is 0 Å². The maximum atomic E-state index is 12.4. The monoisotopic (exact) mass is 535 g/mol. The molecule has 1 N–H and O–H groups in total. The van der Waals surface area contributed by atoms with E-state index in [-0.39, 0.29) is 24.2 Å². The van der Waals surface area contributed by atoms with Crippen molar-refractivity contribution in [2.45, 2.75) is 38.9 Å². The zero-order valence-electron chi connectivity index (χ0n) is 20.8. The van der Waals surface area contributed by atoms with Crippen LogP contribution in [0.2, 0.25) is 5.02 Å². The Bertz CT molecular complexity index is 1320. The molecular weight excluding hydrogens is 510 g/mol. The molecule has 1 amide bonds. The van der Waals surface area contributed by atoms with Gasteiger partial charge in [0.05, 0.1) is 12.0 Å². The van der Waals surface area contributed by atoms with Crippen LogP contribution in [0.25, 0.3) is 0 Å². The summed E-state index contributed by atoms with van der Waals surface area (Å²) in [7, 11) is 0. The Hall–Kier alpha value is -4.30. The summed E-state index contributed by atoms with van der Waals surface area (Å²) in [4.78, 5) is 61.5. The number of halogens is 1. The summed E-state index contributed by atoms with van der Waals surface area (Å²) >= 11 is 5.89.